The molecule has 1 heterocycles. The second-order valence-corrected chi connectivity index (χ2v) is 5.72. The number of hydrogen-bond donors (Lipinski definition) is 1. The molecule has 0 aliphatic carbocycles. The number of thiophene rings is 1. The van der Waals surface area contributed by atoms with E-state index >= 15 is 0 Å². The van der Waals surface area contributed by atoms with Crippen LogP contribution in [0.4, 0.5) is 5.00 Å². The summed E-state index contributed by atoms with van der Waals surface area (Å²) >= 11 is 1.25. The van der Waals surface area contributed by atoms with E-state index in [1.54, 1.807) is 11.4 Å². The SMILES string of the molecule is CC[C@@H](C(=O)OCC(=O)Nc1sccc1C#N)c1ccccc1. The molecule has 2 rings (SSSR count). The second-order valence-electron chi connectivity index (χ2n) is 4.80. The van der Waals surface area contributed by atoms with Crippen LogP contribution < -0.4 is 5.32 Å². The number of esters is 1. The quantitative estimate of drug-likeness (QED) is 0.825. The molecule has 2 aromatic rings. The van der Waals surface area contributed by atoms with Gasteiger partial charge < -0.3 is 10.1 Å². The molecule has 1 amide bonds. The van der Waals surface area contributed by atoms with Crippen molar-refractivity contribution in [1.29, 1.82) is 5.26 Å². The molecule has 1 aromatic carbocycles. The molecule has 0 radical (unpaired) electrons. The van der Waals surface area contributed by atoms with Crippen molar-refractivity contribution in [3.63, 3.8) is 0 Å². The van der Waals surface area contributed by atoms with E-state index in [2.05, 4.69) is 5.32 Å². The van der Waals surface area contributed by atoms with E-state index in [1.807, 2.05) is 43.3 Å². The average Bonchev–Trinajstić information content (AvgIpc) is 3.01. The number of ether oxygens (including phenoxy) is 1. The first-order chi connectivity index (χ1) is 11.2. The molecule has 0 unspecified atom stereocenters. The third-order valence-electron chi connectivity index (χ3n) is 3.28. The van der Waals surface area contributed by atoms with Gasteiger partial charge in [0.1, 0.15) is 11.1 Å². The van der Waals surface area contributed by atoms with Crippen molar-refractivity contribution in [2.75, 3.05) is 11.9 Å². The molecule has 5 nitrogen and oxygen atoms in total. The van der Waals surface area contributed by atoms with Gasteiger partial charge in [0.2, 0.25) is 0 Å². The van der Waals surface area contributed by atoms with Crippen molar-refractivity contribution in [3.05, 3.63) is 52.9 Å². The van der Waals surface area contributed by atoms with Gasteiger partial charge in [-0.15, -0.1) is 11.3 Å². The zero-order valence-electron chi connectivity index (χ0n) is 12.6. The van der Waals surface area contributed by atoms with Gasteiger partial charge in [0.15, 0.2) is 6.61 Å². The average molecular weight is 328 g/mol. The van der Waals surface area contributed by atoms with E-state index in [-0.39, 0.29) is 12.5 Å². The smallest absolute Gasteiger partial charge is 0.313 e. The third kappa shape index (κ3) is 4.41. The van der Waals surface area contributed by atoms with Crippen LogP contribution in [0.3, 0.4) is 0 Å². The lowest BCUT2D eigenvalue weighted by Crippen LogP contribution is -2.23. The van der Waals surface area contributed by atoms with E-state index in [0.717, 1.165) is 5.56 Å². The van der Waals surface area contributed by atoms with Crippen molar-refractivity contribution < 1.29 is 14.3 Å². The van der Waals surface area contributed by atoms with Gasteiger partial charge in [0, 0.05) is 0 Å². The molecular weight excluding hydrogens is 312 g/mol. The number of nitriles is 1. The lowest BCUT2D eigenvalue weighted by molar-refractivity contribution is -0.149. The van der Waals surface area contributed by atoms with E-state index in [1.165, 1.54) is 11.3 Å². The Morgan fingerprint density at radius 1 is 1.30 bits per heavy atom. The molecule has 0 aliphatic rings. The molecule has 0 saturated carbocycles. The first-order valence-electron chi connectivity index (χ1n) is 7.14. The van der Waals surface area contributed by atoms with Crippen LogP contribution in [0.2, 0.25) is 0 Å². The zero-order valence-corrected chi connectivity index (χ0v) is 13.4. The van der Waals surface area contributed by atoms with Gasteiger partial charge in [-0.3, -0.25) is 9.59 Å². The van der Waals surface area contributed by atoms with Crippen LogP contribution in [0, 0.1) is 11.3 Å². The number of benzene rings is 1. The number of nitrogens with one attached hydrogen (secondary N) is 1. The molecule has 1 atom stereocenters. The van der Waals surface area contributed by atoms with E-state index in [0.29, 0.717) is 17.0 Å². The molecule has 118 valence electrons. The maximum absolute atomic E-state index is 12.2. The van der Waals surface area contributed by atoms with E-state index in [4.69, 9.17) is 10.00 Å². The highest BCUT2D eigenvalue weighted by Crippen LogP contribution is 2.23. The van der Waals surface area contributed by atoms with Crippen molar-refractivity contribution >= 4 is 28.2 Å². The first kappa shape index (κ1) is 16.7. The van der Waals surface area contributed by atoms with E-state index < -0.39 is 11.9 Å². The summed E-state index contributed by atoms with van der Waals surface area (Å²) in [7, 11) is 0. The van der Waals surface area contributed by atoms with Crippen molar-refractivity contribution in [2.45, 2.75) is 19.3 Å². The predicted molar refractivity (Wildman–Crippen MR) is 88.1 cm³/mol. The Balaban J connectivity index is 1.91. The fourth-order valence-corrected chi connectivity index (χ4v) is 2.87. The maximum atomic E-state index is 12.2. The minimum absolute atomic E-state index is 0.370. The number of hydrogen-bond acceptors (Lipinski definition) is 5. The first-order valence-corrected chi connectivity index (χ1v) is 8.02. The second kappa shape index (κ2) is 8.11. The summed E-state index contributed by atoms with van der Waals surface area (Å²) in [5.41, 5.74) is 1.26. The Morgan fingerprint density at radius 2 is 2.04 bits per heavy atom. The fraction of sp³-hybridized carbons (Fsp3) is 0.235. The Bertz CT molecular complexity index is 719. The van der Waals surface area contributed by atoms with Crippen LogP contribution in [-0.2, 0) is 14.3 Å². The highest BCUT2D eigenvalue weighted by Gasteiger charge is 2.21. The number of rotatable bonds is 6. The molecule has 1 N–H and O–H groups in total. The van der Waals surface area contributed by atoms with Crippen LogP contribution in [0.25, 0.3) is 0 Å². The third-order valence-corrected chi connectivity index (χ3v) is 4.11. The highest BCUT2D eigenvalue weighted by atomic mass is 32.1. The normalized spacial score (nSPS) is 11.3. The molecular formula is C17H16N2O3S. The molecule has 0 spiro atoms. The van der Waals surface area contributed by atoms with Gasteiger partial charge in [0.05, 0.1) is 11.5 Å². The molecule has 1 aromatic heterocycles. The van der Waals surface area contributed by atoms with Crippen LogP contribution in [-0.4, -0.2) is 18.5 Å². The lowest BCUT2D eigenvalue weighted by Gasteiger charge is -2.14. The summed E-state index contributed by atoms with van der Waals surface area (Å²) in [6.45, 7) is 1.52. The lowest BCUT2D eigenvalue weighted by atomic mass is 9.97. The minimum Gasteiger partial charge on any atom is -0.455 e. The van der Waals surface area contributed by atoms with E-state index in [9.17, 15) is 9.59 Å². The molecule has 0 aliphatic heterocycles. The van der Waals surface area contributed by atoms with Gasteiger partial charge in [-0.2, -0.15) is 5.26 Å². The standard InChI is InChI=1S/C17H16N2O3S/c1-2-14(12-6-4-3-5-7-12)17(21)22-11-15(20)19-16-13(10-18)8-9-23-16/h3-9,14H,2,11H2,1H3,(H,19,20)/t14-/m1/s1. The Hall–Kier alpha value is -2.65. The highest BCUT2D eigenvalue weighted by molar-refractivity contribution is 7.14. The van der Waals surface area contributed by atoms with Crippen LogP contribution >= 0.6 is 11.3 Å². The minimum atomic E-state index is -0.458. The van der Waals surface area contributed by atoms with Gasteiger partial charge in [-0.05, 0) is 23.4 Å². The molecule has 0 saturated heterocycles. The predicted octanol–water partition coefficient (Wildman–Crippen LogP) is 3.30. The summed E-state index contributed by atoms with van der Waals surface area (Å²) in [6, 6.07) is 12.9. The van der Waals surface area contributed by atoms with Crippen molar-refractivity contribution in [3.8, 4) is 6.07 Å². The van der Waals surface area contributed by atoms with Crippen LogP contribution in [0.15, 0.2) is 41.8 Å². The Labute approximate surface area is 138 Å². The summed E-state index contributed by atoms with van der Waals surface area (Å²) < 4.78 is 5.10. The van der Waals surface area contributed by atoms with Gasteiger partial charge in [-0.1, -0.05) is 37.3 Å². The Kier molecular flexibility index (Phi) is 5.89. The number of carbonyl (C=O) groups excluding carboxylic acids is 2. The number of anilines is 1. The summed E-state index contributed by atoms with van der Waals surface area (Å²) in [5.74, 6) is -1.28. The monoisotopic (exact) mass is 328 g/mol. The number of carbonyl (C=O) groups is 2. The van der Waals surface area contributed by atoms with Crippen molar-refractivity contribution in [1.82, 2.24) is 0 Å². The number of amides is 1. The maximum Gasteiger partial charge on any atom is 0.313 e. The van der Waals surface area contributed by atoms with Crippen LogP contribution in [0.1, 0.15) is 30.4 Å². The Morgan fingerprint density at radius 3 is 2.70 bits per heavy atom. The molecule has 0 fully saturated rings. The molecule has 23 heavy (non-hydrogen) atoms. The fourth-order valence-electron chi connectivity index (χ4n) is 2.12. The summed E-state index contributed by atoms with van der Waals surface area (Å²) in [5, 5.41) is 13.6. The summed E-state index contributed by atoms with van der Waals surface area (Å²) in [6.07, 6.45) is 0.591. The van der Waals surface area contributed by atoms with Gasteiger partial charge >= 0.3 is 5.97 Å². The van der Waals surface area contributed by atoms with Gasteiger partial charge in [-0.25, -0.2) is 0 Å². The number of nitrogens with zero attached hydrogens (tertiary/aromatic N) is 1. The summed E-state index contributed by atoms with van der Waals surface area (Å²) in [4.78, 5) is 24.0. The molecule has 0 bridgehead atoms. The van der Waals surface area contributed by atoms with Gasteiger partial charge in [0.25, 0.3) is 5.91 Å². The zero-order chi connectivity index (χ0) is 16.7. The largest absolute Gasteiger partial charge is 0.455 e. The van der Waals surface area contributed by atoms with Crippen molar-refractivity contribution in [2.24, 2.45) is 0 Å². The topological polar surface area (TPSA) is 79.2 Å². The van der Waals surface area contributed by atoms with Crippen LogP contribution in [0.5, 0.6) is 0 Å². The molecule has 6 heteroatoms.